The second-order valence-corrected chi connectivity index (χ2v) is 5.01. The van der Waals surface area contributed by atoms with Gasteiger partial charge in [0.15, 0.2) is 0 Å². The van der Waals surface area contributed by atoms with Crippen LogP contribution in [0.3, 0.4) is 0 Å². The van der Waals surface area contributed by atoms with E-state index in [0.29, 0.717) is 11.8 Å². The smallest absolute Gasteiger partial charge is 0.302 e. The zero-order valence-corrected chi connectivity index (χ0v) is 8.48. The lowest BCUT2D eigenvalue weighted by molar-refractivity contribution is -0.153. The summed E-state index contributed by atoms with van der Waals surface area (Å²) in [5, 5.41) is 0. The molecule has 0 spiro atoms. The molecule has 0 aromatic heterocycles. The van der Waals surface area contributed by atoms with E-state index in [1.807, 2.05) is 0 Å². The molecule has 3 bridgehead atoms. The van der Waals surface area contributed by atoms with Crippen LogP contribution in [0, 0.1) is 23.7 Å². The van der Waals surface area contributed by atoms with Crippen LogP contribution in [0.2, 0.25) is 0 Å². The van der Waals surface area contributed by atoms with Gasteiger partial charge in [-0.05, 0) is 37.0 Å². The van der Waals surface area contributed by atoms with Crippen LogP contribution in [-0.4, -0.2) is 12.1 Å². The Bertz CT molecular complexity index is 295. The number of rotatable bonds is 1. The minimum absolute atomic E-state index is 0.114. The minimum Gasteiger partial charge on any atom is -0.462 e. The number of carbonyl (C=O) groups excluding carboxylic acids is 1. The molecule has 0 aromatic rings. The largest absolute Gasteiger partial charge is 0.462 e. The fourth-order valence-corrected chi connectivity index (χ4v) is 3.66. The molecule has 2 saturated carbocycles. The van der Waals surface area contributed by atoms with Crippen molar-refractivity contribution < 1.29 is 9.53 Å². The molecule has 2 heteroatoms. The van der Waals surface area contributed by atoms with E-state index < -0.39 is 0 Å². The molecule has 3 aliphatic carbocycles. The van der Waals surface area contributed by atoms with Gasteiger partial charge in [-0.2, -0.15) is 0 Å². The molecule has 2 fully saturated rings. The topological polar surface area (TPSA) is 26.3 Å². The molecule has 3 aliphatic rings. The Balaban J connectivity index is 1.86. The van der Waals surface area contributed by atoms with Gasteiger partial charge in [-0.25, -0.2) is 0 Å². The van der Waals surface area contributed by atoms with E-state index in [1.165, 1.54) is 26.2 Å². The fraction of sp³-hybridized carbons (Fsp3) is 0.750. The monoisotopic (exact) mass is 192 g/mol. The van der Waals surface area contributed by atoms with E-state index in [-0.39, 0.29) is 12.1 Å². The van der Waals surface area contributed by atoms with Crippen LogP contribution in [0.4, 0.5) is 0 Å². The van der Waals surface area contributed by atoms with Crippen molar-refractivity contribution in [3.63, 3.8) is 0 Å². The Morgan fingerprint density at radius 2 is 1.86 bits per heavy atom. The third kappa shape index (κ3) is 1.13. The standard InChI is InChI=1S/C12H16O2/c1-7(13)14-12-9-3-2-8-4-11(12)6-10(8)5-9/h2-3,8-12H,4-6H2,1H3. The molecule has 14 heavy (non-hydrogen) atoms. The third-order valence-electron chi connectivity index (χ3n) is 4.15. The van der Waals surface area contributed by atoms with Gasteiger partial charge >= 0.3 is 5.97 Å². The normalized spacial score (nSPS) is 48.2. The van der Waals surface area contributed by atoms with Crippen LogP contribution in [0.25, 0.3) is 0 Å². The zero-order valence-electron chi connectivity index (χ0n) is 8.48. The lowest BCUT2D eigenvalue weighted by Gasteiger charge is -2.36. The van der Waals surface area contributed by atoms with Crippen LogP contribution in [-0.2, 0) is 9.53 Å². The van der Waals surface area contributed by atoms with E-state index in [4.69, 9.17) is 4.74 Å². The van der Waals surface area contributed by atoms with Gasteiger partial charge in [0.25, 0.3) is 0 Å². The van der Waals surface area contributed by atoms with Crippen molar-refractivity contribution in [3.8, 4) is 0 Å². The Hall–Kier alpha value is -0.790. The summed E-state index contributed by atoms with van der Waals surface area (Å²) in [5.74, 6) is 2.72. The van der Waals surface area contributed by atoms with E-state index >= 15 is 0 Å². The van der Waals surface area contributed by atoms with Crippen molar-refractivity contribution in [2.24, 2.45) is 23.7 Å². The Morgan fingerprint density at radius 3 is 2.64 bits per heavy atom. The molecule has 2 nitrogen and oxygen atoms in total. The summed E-state index contributed by atoms with van der Waals surface area (Å²) in [5.41, 5.74) is 0. The number of fused-ring (bicyclic) bond motifs is 2. The van der Waals surface area contributed by atoms with Crippen molar-refractivity contribution in [2.75, 3.05) is 0 Å². The zero-order chi connectivity index (χ0) is 9.71. The third-order valence-corrected chi connectivity index (χ3v) is 4.15. The van der Waals surface area contributed by atoms with Crippen LogP contribution < -0.4 is 0 Å². The molecule has 5 atom stereocenters. The average Bonchev–Trinajstić information content (AvgIpc) is 2.43. The Kier molecular flexibility index (Phi) is 1.73. The van der Waals surface area contributed by atoms with Crippen molar-refractivity contribution >= 4 is 5.97 Å². The van der Waals surface area contributed by atoms with Gasteiger partial charge < -0.3 is 4.74 Å². The molecule has 0 amide bonds. The lowest BCUT2D eigenvalue weighted by Crippen LogP contribution is -2.36. The van der Waals surface area contributed by atoms with Crippen molar-refractivity contribution in [1.82, 2.24) is 0 Å². The van der Waals surface area contributed by atoms with Gasteiger partial charge in [-0.15, -0.1) is 0 Å². The van der Waals surface area contributed by atoms with Gasteiger partial charge in [0, 0.05) is 12.8 Å². The number of hydrogen-bond donors (Lipinski definition) is 0. The maximum Gasteiger partial charge on any atom is 0.302 e. The first kappa shape index (κ1) is 8.51. The number of allylic oxidation sites excluding steroid dienone is 1. The summed E-state index contributed by atoms with van der Waals surface area (Å²) >= 11 is 0. The van der Waals surface area contributed by atoms with E-state index in [9.17, 15) is 4.79 Å². The lowest BCUT2D eigenvalue weighted by atomic mass is 9.74. The van der Waals surface area contributed by atoms with Crippen LogP contribution in [0.15, 0.2) is 12.2 Å². The van der Waals surface area contributed by atoms with E-state index in [1.54, 1.807) is 0 Å². The molecular weight excluding hydrogens is 176 g/mol. The summed E-state index contributed by atoms with van der Waals surface area (Å²) in [6.07, 6.45) is 8.61. The molecule has 5 unspecified atom stereocenters. The molecule has 0 N–H and O–H groups in total. The predicted octanol–water partition coefficient (Wildman–Crippen LogP) is 2.15. The summed E-state index contributed by atoms with van der Waals surface area (Å²) < 4.78 is 5.46. The number of esters is 1. The van der Waals surface area contributed by atoms with Gasteiger partial charge in [0.05, 0.1) is 0 Å². The molecule has 0 radical (unpaired) electrons. The molecular formula is C12H16O2. The highest BCUT2D eigenvalue weighted by atomic mass is 16.5. The van der Waals surface area contributed by atoms with Gasteiger partial charge in [0.1, 0.15) is 6.10 Å². The van der Waals surface area contributed by atoms with Crippen molar-refractivity contribution in [3.05, 3.63) is 12.2 Å². The summed E-state index contributed by atoms with van der Waals surface area (Å²) in [4.78, 5) is 11.0. The van der Waals surface area contributed by atoms with Gasteiger partial charge in [-0.1, -0.05) is 12.2 Å². The van der Waals surface area contributed by atoms with Crippen LogP contribution >= 0.6 is 0 Å². The number of carbonyl (C=O) groups is 1. The molecule has 3 rings (SSSR count). The predicted molar refractivity (Wildman–Crippen MR) is 52.5 cm³/mol. The fourth-order valence-electron chi connectivity index (χ4n) is 3.66. The second-order valence-electron chi connectivity index (χ2n) is 5.01. The first-order chi connectivity index (χ1) is 6.74. The first-order valence-corrected chi connectivity index (χ1v) is 5.59. The summed E-state index contributed by atoms with van der Waals surface area (Å²) in [7, 11) is 0. The minimum atomic E-state index is -0.114. The maximum atomic E-state index is 11.0. The Labute approximate surface area is 84.3 Å². The molecule has 0 saturated heterocycles. The number of hydrogen-bond acceptors (Lipinski definition) is 2. The molecule has 0 heterocycles. The second kappa shape index (κ2) is 2.85. The quantitative estimate of drug-likeness (QED) is 0.470. The summed E-state index contributed by atoms with van der Waals surface area (Å²) in [6.45, 7) is 1.52. The molecule has 0 aromatic carbocycles. The molecule has 76 valence electrons. The highest BCUT2D eigenvalue weighted by molar-refractivity contribution is 5.66. The molecule has 0 aliphatic heterocycles. The average molecular weight is 192 g/mol. The van der Waals surface area contributed by atoms with Crippen LogP contribution in [0.5, 0.6) is 0 Å². The van der Waals surface area contributed by atoms with E-state index in [2.05, 4.69) is 12.2 Å². The highest BCUT2D eigenvalue weighted by Crippen LogP contribution is 2.53. The summed E-state index contributed by atoms with van der Waals surface area (Å²) in [6, 6.07) is 0. The first-order valence-electron chi connectivity index (χ1n) is 5.59. The van der Waals surface area contributed by atoms with E-state index in [0.717, 1.165) is 11.8 Å². The highest BCUT2D eigenvalue weighted by Gasteiger charge is 2.48. The van der Waals surface area contributed by atoms with Crippen molar-refractivity contribution in [2.45, 2.75) is 32.3 Å². The maximum absolute atomic E-state index is 11.0. The Morgan fingerprint density at radius 1 is 1.14 bits per heavy atom. The van der Waals surface area contributed by atoms with Crippen molar-refractivity contribution in [1.29, 1.82) is 0 Å². The SMILES string of the molecule is CC(=O)OC1C2C=CC3CC1CC3C2. The number of ether oxygens (including phenoxy) is 1. The van der Waals surface area contributed by atoms with Crippen LogP contribution in [0.1, 0.15) is 26.2 Å². The van der Waals surface area contributed by atoms with Gasteiger partial charge in [-0.3, -0.25) is 4.79 Å². The van der Waals surface area contributed by atoms with Gasteiger partial charge in [0.2, 0.25) is 0 Å².